The lowest BCUT2D eigenvalue weighted by Crippen LogP contribution is -2.39. The minimum Gasteiger partial charge on any atom is -0.493 e. The number of hydrogen-bond acceptors (Lipinski definition) is 8. The maximum absolute atomic E-state index is 14.9. The van der Waals surface area contributed by atoms with Crippen molar-refractivity contribution in [1.29, 1.82) is 0 Å². The van der Waals surface area contributed by atoms with Crippen LogP contribution in [0.4, 0.5) is 10.1 Å². The summed E-state index contributed by atoms with van der Waals surface area (Å²) in [6.45, 7) is 4.10. The van der Waals surface area contributed by atoms with Crippen molar-refractivity contribution in [3.05, 3.63) is 66.7 Å². The molecule has 0 spiro atoms. The molecule has 9 nitrogen and oxygen atoms in total. The van der Waals surface area contributed by atoms with Crippen molar-refractivity contribution >= 4 is 39.8 Å². The zero-order valence-electron chi connectivity index (χ0n) is 23.9. The van der Waals surface area contributed by atoms with Crippen LogP contribution in [0.15, 0.2) is 60.9 Å². The molecule has 1 saturated heterocycles. The van der Waals surface area contributed by atoms with Crippen LogP contribution in [0.25, 0.3) is 22.0 Å². The minimum absolute atomic E-state index is 0.0873. The highest BCUT2D eigenvalue weighted by molar-refractivity contribution is 7.80. The summed E-state index contributed by atoms with van der Waals surface area (Å²) >= 11 is 4.90. The number of carbonyl (C=O) groups is 1. The summed E-state index contributed by atoms with van der Waals surface area (Å²) in [4.78, 5) is 21.4. The summed E-state index contributed by atoms with van der Waals surface area (Å²) in [7, 11) is 1.56. The monoisotopic (exact) mass is 601 g/mol. The van der Waals surface area contributed by atoms with Gasteiger partial charge in [-0.1, -0.05) is 18.2 Å². The molecule has 7 rings (SSSR count). The Bertz CT molecular complexity index is 1660. The van der Waals surface area contributed by atoms with Gasteiger partial charge >= 0.3 is 0 Å². The molecular formula is C32H32FN5O4S. The second-order valence-electron chi connectivity index (χ2n) is 11.0. The van der Waals surface area contributed by atoms with E-state index < -0.39 is 11.7 Å². The number of hydrogen-bond donors (Lipinski definition) is 2. The van der Waals surface area contributed by atoms with Crippen molar-refractivity contribution < 1.29 is 23.4 Å². The number of anilines is 1. The van der Waals surface area contributed by atoms with Gasteiger partial charge in [0, 0.05) is 19.1 Å². The molecule has 1 saturated carbocycles. The van der Waals surface area contributed by atoms with Crippen molar-refractivity contribution in [2.24, 2.45) is 23.5 Å². The van der Waals surface area contributed by atoms with Crippen LogP contribution >= 0.6 is 12.2 Å². The zero-order valence-corrected chi connectivity index (χ0v) is 24.7. The first-order valence-corrected chi connectivity index (χ1v) is 14.6. The smallest absolute Gasteiger partial charge is 0.230 e. The van der Waals surface area contributed by atoms with Crippen molar-refractivity contribution in [2.45, 2.75) is 19.8 Å². The molecule has 1 amide bonds. The van der Waals surface area contributed by atoms with Crippen LogP contribution < -0.4 is 30.2 Å². The van der Waals surface area contributed by atoms with E-state index in [2.05, 4.69) is 39.6 Å². The average Bonchev–Trinajstić information content (AvgIpc) is 3.29. The topological polar surface area (TPSA) is 112 Å². The van der Waals surface area contributed by atoms with Crippen LogP contribution in [-0.4, -0.2) is 47.8 Å². The largest absolute Gasteiger partial charge is 0.493 e. The molecule has 2 unspecified atom stereocenters. The van der Waals surface area contributed by atoms with E-state index in [4.69, 9.17) is 32.2 Å². The van der Waals surface area contributed by atoms with E-state index >= 15 is 0 Å². The van der Waals surface area contributed by atoms with Gasteiger partial charge < -0.3 is 25.3 Å². The van der Waals surface area contributed by atoms with Gasteiger partial charge in [-0.3, -0.25) is 9.69 Å². The Morgan fingerprint density at radius 3 is 2.37 bits per heavy atom. The normalized spacial score (nSPS) is 19.2. The van der Waals surface area contributed by atoms with E-state index in [0.29, 0.717) is 34.9 Å². The number of nitrogens with two attached hydrogens (primary N) is 1. The van der Waals surface area contributed by atoms with Crippen LogP contribution in [0.1, 0.15) is 19.8 Å². The lowest BCUT2D eigenvalue weighted by molar-refractivity contribution is -0.115. The number of benzene rings is 3. The van der Waals surface area contributed by atoms with Gasteiger partial charge in [0.2, 0.25) is 11.8 Å². The maximum atomic E-state index is 14.9. The standard InChI is InChI=1S/C26H28FN5O4S.C6H4/c1-14(33)32(26(28)37)18-3-4-22(20(27)7-18)36-25-19-8-23(34-2)24(9-21(19)30-13-31-25)35-12-15-5-16-10-29-11-17(16)6-15;1-2-5-4-6(5)3-1/h3-4,7-9,13,15-17,29H,5-6,10-12H2,1-2H3,(H2,28,37);1-4H. The van der Waals surface area contributed by atoms with Crippen LogP contribution in [0.2, 0.25) is 0 Å². The van der Waals surface area contributed by atoms with Gasteiger partial charge in [-0.2, -0.15) is 0 Å². The molecule has 0 radical (unpaired) electrons. The van der Waals surface area contributed by atoms with Gasteiger partial charge in [0.05, 0.1) is 30.3 Å². The molecule has 1 aliphatic heterocycles. The highest BCUT2D eigenvalue weighted by atomic mass is 32.1. The molecule has 3 N–H and O–H groups in total. The number of halogens is 1. The Labute approximate surface area is 254 Å². The molecule has 1 aromatic heterocycles. The predicted octanol–water partition coefficient (Wildman–Crippen LogP) is 5.46. The molecular weight excluding hydrogens is 569 g/mol. The molecule has 4 aliphatic rings. The van der Waals surface area contributed by atoms with E-state index in [1.165, 1.54) is 49.4 Å². The quantitative estimate of drug-likeness (QED) is 0.235. The van der Waals surface area contributed by atoms with Gasteiger partial charge in [-0.15, -0.1) is 0 Å². The number of nitrogens with one attached hydrogen (secondary N) is 1. The predicted molar refractivity (Wildman–Crippen MR) is 166 cm³/mol. The van der Waals surface area contributed by atoms with E-state index in [0.717, 1.165) is 35.9 Å². The molecule has 2 atom stereocenters. The maximum Gasteiger partial charge on any atom is 0.230 e. The number of rotatable bonds is 7. The van der Waals surface area contributed by atoms with Crippen molar-refractivity contribution in [1.82, 2.24) is 15.3 Å². The van der Waals surface area contributed by atoms with Crippen LogP contribution in [0.3, 0.4) is 0 Å². The van der Waals surface area contributed by atoms with Gasteiger partial charge in [0.1, 0.15) is 6.33 Å². The summed E-state index contributed by atoms with van der Waals surface area (Å²) in [5.41, 5.74) is 9.22. The Hall–Kier alpha value is -4.35. The van der Waals surface area contributed by atoms with Crippen molar-refractivity contribution in [2.75, 3.05) is 31.7 Å². The summed E-state index contributed by atoms with van der Waals surface area (Å²) in [6, 6.07) is 16.0. The van der Waals surface area contributed by atoms with Crippen LogP contribution in [0, 0.1) is 23.6 Å². The molecule has 2 fully saturated rings. The Morgan fingerprint density at radius 1 is 1.05 bits per heavy atom. The minimum atomic E-state index is -0.713. The highest BCUT2D eigenvalue weighted by Crippen LogP contribution is 2.41. The number of methoxy groups -OCH3 is 1. The zero-order chi connectivity index (χ0) is 30.1. The first-order chi connectivity index (χ1) is 20.8. The number of carbonyl (C=O) groups excluding carboxylic acids is 1. The first-order valence-electron chi connectivity index (χ1n) is 14.1. The van der Waals surface area contributed by atoms with Crippen LogP contribution in [0.5, 0.6) is 23.1 Å². The van der Waals surface area contributed by atoms with E-state index in [9.17, 15) is 9.18 Å². The fraction of sp³-hybridized carbons (Fsp3) is 0.312. The van der Waals surface area contributed by atoms with Crippen molar-refractivity contribution in [3.8, 4) is 34.3 Å². The highest BCUT2D eigenvalue weighted by Gasteiger charge is 2.37. The fourth-order valence-corrected chi connectivity index (χ4v) is 6.22. The second kappa shape index (κ2) is 12.1. The molecule has 43 heavy (non-hydrogen) atoms. The molecule has 2 heterocycles. The lowest BCUT2D eigenvalue weighted by atomic mass is 10.0. The first kappa shape index (κ1) is 28.8. The molecule has 2 aromatic carbocycles. The van der Waals surface area contributed by atoms with Crippen LogP contribution in [-0.2, 0) is 4.79 Å². The van der Waals surface area contributed by atoms with E-state index in [1.54, 1.807) is 19.2 Å². The number of aromatic nitrogens is 2. The van der Waals surface area contributed by atoms with E-state index in [-0.39, 0.29) is 22.4 Å². The second-order valence-corrected chi connectivity index (χ2v) is 11.4. The molecule has 11 heteroatoms. The summed E-state index contributed by atoms with van der Waals surface area (Å²) < 4.78 is 32.5. The Morgan fingerprint density at radius 2 is 1.79 bits per heavy atom. The molecule has 3 aromatic rings. The summed E-state index contributed by atoms with van der Waals surface area (Å²) in [5, 5.41) is 3.82. The van der Waals surface area contributed by atoms with Gasteiger partial charge in [0.15, 0.2) is 28.2 Å². The fourth-order valence-electron chi connectivity index (χ4n) is 5.98. The Kier molecular flexibility index (Phi) is 8.09. The molecule has 222 valence electrons. The van der Waals surface area contributed by atoms with Gasteiger partial charge in [0.25, 0.3) is 0 Å². The third kappa shape index (κ3) is 6.23. The average molecular weight is 602 g/mol. The van der Waals surface area contributed by atoms with E-state index in [1.807, 2.05) is 0 Å². The van der Waals surface area contributed by atoms with Gasteiger partial charge in [-0.25, -0.2) is 14.4 Å². The van der Waals surface area contributed by atoms with Crippen molar-refractivity contribution in [3.63, 3.8) is 0 Å². The summed E-state index contributed by atoms with van der Waals surface area (Å²) in [5.74, 6) is 2.02. The number of nitrogens with zero attached hydrogens (tertiary/aromatic N) is 3. The Balaban J connectivity index is 0.000000482. The lowest BCUT2D eigenvalue weighted by Gasteiger charge is -2.19. The van der Waals surface area contributed by atoms with Gasteiger partial charge in [-0.05, 0) is 91.3 Å². The SMILES string of the molecule is COc1cc2c(Oc3ccc(N(C(C)=O)C(N)=S)cc3F)ncnc2cc1OCC1CC2CNCC2C1.c1cc2cc-2c1. The molecule has 3 aliphatic carbocycles. The third-order valence-electron chi connectivity index (χ3n) is 8.14. The number of amides is 1. The number of thiocarbonyl (C=S) groups is 1. The molecule has 0 bridgehead atoms. The summed E-state index contributed by atoms with van der Waals surface area (Å²) in [6.07, 6.45) is 3.67. The number of fused-ring (bicyclic) bond motifs is 3. The number of ether oxygens (including phenoxy) is 3. The third-order valence-corrected chi connectivity index (χ3v) is 8.32.